The van der Waals surface area contributed by atoms with Crippen molar-refractivity contribution in [2.45, 2.75) is 24.8 Å². The van der Waals surface area contributed by atoms with Crippen LogP contribution in [-0.2, 0) is 11.2 Å². The third-order valence-corrected chi connectivity index (χ3v) is 7.41. The molecule has 4 rings (SSSR count). The number of rotatable bonds is 7. The predicted octanol–water partition coefficient (Wildman–Crippen LogP) is 2.83. The summed E-state index contributed by atoms with van der Waals surface area (Å²) in [4.78, 5) is 45.0. The number of urea groups is 1. The van der Waals surface area contributed by atoms with Crippen LogP contribution in [-0.4, -0.2) is 78.4 Å². The Balaban J connectivity index is 1.57. The first-order valence-electron chi connectivity index (χ1n) is 11.2. The van der Waals surface area contributed by atoms with Gasteiger partial charge >= 0.3 is 6.03 Å². The highest BCUT2D eigenvalue weighted by molar-refractivity contribution is 7.12. The topological polar surface area (TPSA) is 73.0 Å². The molecule has 0 bridgehead atoms. The molecule has 2 aromatic rings. The number of thiophene rings is 1. The van der Waals surface area contributed by atoms with Gasteiger partial charge in [0.1, 0.15) is 11.4 Å². The van der Waals surface area contributed by atoms with Gasteiger partial charge in [-0.15, -0.1) is 11.3 Å². The molecular weight excluding hydrogens is 443 g/mol. The van der Waals surface area contributed by atoms with Crippen molar-refractivity contribution < 1.29 is 18.8 Å². The number of piperidine rings is 1. The highest BCUT2D eigenvalue weighted by Crippen LogP contribution is 2.37. The van der Waals surface area contributed by atoms with E-state index < -0.39 is 11.6 Å². The summed E-state index contributed by atoms with van der Waals surface area (Å²) in [6.07, 6.45) is 1.39. The number of imide groups is 1. The minimum atomic E-state index is -1.14. The number of benzene rings is 1. The summed E-state index contributed by atoms with van der Waals surface area (Å²) in [5.74, 6) is -0.798. The molecule has 2 aliphatic rings. The molecule has 33 heavy (non-hydrogen) atoms. The summed E-state index contributed by atoms with van der Waals surface area (Å²) >= 11 is 1.41. The van der Waals surface area contributed by atoms with Gasteiger partial charge in [0.25, 0.3) is 11.8 Å². The Kier molecular flexibility index (Phi) is 6.81. The lowest BCUT2D eigenvalue weighted by Gasteiger charge is -2.41. The molecule has 9 heteroatoms. The van der Waals surface area contributed by atoms with Crippen molar-refractivity contribution in [3.63, 3.8) is 0 Å². The van der Waals surface area contributed by atoms with Gasteiger partial charge in [0.05, 0.1) is 4.88 Å². The Morgan fingerprint density at radius 1 is 1.21 bits per heavy atom. The SMILES string of the molecule is CN(C)CCN1C(=O)NC(Cc2cccc(F)c2)(C2CCN(C(=O)c3cccs3)CC2)C1=O. The van der Waals surface area contributed by atoms with Crippen molar-refractivity contribution in [3.8, 4) is 0 Å². The molecule has 2 aliphatic heterocycles. The van der Waals surface area contributed by atoms with Crippen molar-refractivity contribution in [3.05, 3.63) is 58.0 Å². The average molecular weight is 473 g/mol. The lowest BCUT2D eigenvalue weighted by atomic mass is 9.74. The Bertz CT molecular complexity index is 1020. The molecular formula is C24H29FN4O3S. The van der Waals surface area contributed by atoms with E-state index in [0.717, 1.165) is 0 Å². The van der Waals surface area contributed by atoms with E-state index in [2.05, 4.69) is 5.32 Å². The number of hydrogen-bond acceptors (Lipinski definition) is 5. The number of halogens is 1. The highest BCUT2D eigenvalue weighted by Gasteiger charge is 2.55. The second-order valence-corrected chi connectivity index (χ2v) is 9.96. The summed E-state index contributed by atoms with van der Waals surface area (Å²) in [5, 5.41) is 4.87. The van der Waals surface area contributed by atoms with Crippen LogP contribution in [0.2, 0.25) is 0 Å². The van der Waals surface area contributed by atoms with E-state index in [1.807, 2.05) is 41.4 Å². The van der Waals surface area contributed by atoms with E-state index >= 15 is 0 Å². The molecule has 2 saturated heterocycles. The van der Waals surface area contributed by atoms with Gasteiger partial charge in [-0.3, -0.25) is 14.5 Å². The Morgan fingerprint density at radius 3 is 2.61 bits per heavy atom. The molecule has 0 radical (unpaired) electrons. The van der Waals surface area contributed by atoms with E-state index in [1.54, 1.807) is 12.1 Å². The van der Waals surface area contributed by atoms with E-state index in [9.17, 15) is 18.8 Å². The van der Waals surface area contributed by atoms with E-state index in [1.165, 1.54) is 28.4 Å². The number of likely N-dealkylation sites (tertiary alicyclic amines) is 1. The second-order valence-electron chi connectivity index (χ2n) is 9.01. The first-order chi connectivity index (χ1) is 15.8. The van der Waals surface area contributed by atoms with Crippen molar-refractivity contribution in [2.24, 2.45) is 5.92 Å². The summed E-state index contributed by atoms with van der Waals surface area (Å²) in [6.45, 7) is 1.86. The standard InChI is InChI=1S/C24H29FN4O3S/c1-27(2)12-13-29-22(31)24(26-23(29)32,16-17-5-3-6-19(25)15-17)18-8-10-28(11-9-18)21(30)20-7-4-14-33-20/h3-7,14-15,18H,8-13,16H2,1-2H3,(H,26,32). The molecule has 2 fully saturated rings. The minimum absolute atomic E-state index is 0.00276. The molecule has 1 unspecified atom stereocenters. The summed E-state index contributed by atoms with van der Waals surface area (Å²) < 4.78 is 13.9. The molecule has 0 spiro atoms. The number of carbonyl (C=O) groups is 3. The number of hydrogen-bond donors (Lipinski definition) is 1. The lowest BCUT2D eigenvalue weighted by Crippen LogP contribution is -2.58. The third kappa shape index (κ3) is 4.79. The largest absolute Gasteiger partial charge is 0.338 e. The summed E-state index contributed by atoms with van der Waals surface area (Å²) in [7, 11) is 3.78. The van der Waals surface area contributed by atoms with Gasteiger partial charge in [0.2, 0.25) is 0 Å². The van der Waals surface area contributed by atoms with Gasteiger partial charge in [-0.05, 0) is 62.0 Å². The van der Waals surface area contributed by atoms with Crippen molar-refractivity contribution in [1.29, 1.82) is 0 Å². The van der Waals surface area contributed by atoms with Crippen molar-refractivity contribution in [2.75, 3.05) is 40.3 Å². The van der Waals surface area contributed by atoms with E-state index in [4.69, 9.17) is 0 Å². The monoisotopic (exact) mass is 472 g/mol. The summed E-state index contributed by atoms with van der Waals surface area (Å²) in [6, 6.07) is 9.44. The van der Waals surface area contributed by atoms with Crippen LogP contribution >= 0.6 is 11.3 Å². The average Bonchev–Trinajstić information content (AvgIpc) is 3.40. The fourth-order valence-electron chi connectivity index (χ4n) is 4.79. The van der Waals surface area contributed by atoms with Gasteiger partial charge in [0.15, 0.2) is 0 Å². The highest BCUT2D eigenvalue weighted by atomic mass is 32.1. The van der Waals surface area contributed by atoms with Crippen LogP contribution in [0.5, 0.6) is 0 Å². The molecule has 0 saturated carbocycles. The van der Waals surface area contributed by atoms with Crippen LogP contribution in [0.4, 0.5) is 9.18 Å². The molecule has 7 nitrogen and oxygen atoms in total. The van der Waals surface area contributed by atoms with E-state index in [-0.39, 0.29) is 36.5 Å². The number of carbonyl (C=O) groups excluding carboxylic acids is 3. The first-order valence-corrected chi connectivity index (χ1v) is 12.0. The third-order valence-electron chi connectivity index (χ3n) is 6.56. The van der Waals surface area contributed by atoms with Crippen LogP contribution in [0.15, 0.2) is 41.8 Å². The van der Waals surface area contributed by atoms with Crippen LogP contribution in [0.1, 0.15) is 28.1 Å². The van der Waals surface area contributed by atoms with Gasteiger partial charge in [-0.25, -0.2) is 9.18 Å². The zero-order valence-electron chi connectivity index (χ0n) is 18.9. The van der Waals surface area contributed by atoms with Gasteiger partial charge in [-0.2, -0.15) is 0 Å². The van der Waals surface area contributed by atoms with Crippen LogP contribution in [0.25, 0.3) is 0 Å². The van der Waals surface area contributed by atoms with Crippen LogP contribution in [0, 0.1) is 11.7 Å². The quantitative estimate of drug-likeness (QED) is 0.629. The predicted molar refractivity (Wildman–Crippen MR) is 125 cm³/mol. The Labute approximate surface area is 197 Å². The van der Waals surface area contributed by atoms with Gasteiger partial charge < -0.3 is 15.1 Å². The molecule has 4 amide bonds. The summed E-state index contributed by atoms with van der Waals surface area (Å²) in [5.41, 5.74) is -0.481. The number of likely N-dealkylation sites (N-methyl/N-ethyl adjacent to an activating group) is 1. The maximum atomic E-state index is 13.9. The molecule has 0 aliphatic carbocycles. The molecule has 3 heterocycles. The van der Waals surface area contributed by atoms with Crippen LogP contribution in [0.3, 0.4) is 0 Å². The molecule has 1 atom stereocenters. The molecule has 1 aromatic heterocycles. The normalized spacial score (nSPS) is 21.7. The second kappa shape index (κ2) is 9.61. The fourth-order valence-corrected chi connectivity index (χ4v) is 5.48. The fraction of sp³-hybridized carbons (Fsp3) is 0.458. The van der Waals surface area contributed by atoms with Gasteiger partial charge in [0, 0.05) is 32.6 Å². The Hall–Kier alpha value is -2.78. The maximum absolute atomic E-state index is 13.9. The zero-order chi connectivity index (χ0) is 23.6. The number of nitrogens with zero attached hydrogens (tertiary/aromatic N) is 3. The first kappa shape index (κ1) is 23.4. The molecule has 1 aromatic carbocycles. The maximum Gasteiger partial charge on any atom is 0.325 e. The smallest absolute Gasteiger partial charge is 0.325 e. The van der Waals surface area contributed by atoms with Crippen molar-refractivity contribution >= 4 is 29.2 Å². The lowest BCUT2D eigenvalue weighted by molar-refractivity contribution is -0.134. The Morgan fingerprint density at radius 2 is 1.97 bits per heavy atom. The van der Waals surface area contributed by atoms with Gasteiger partial charge in [-0.1, -0.05) is 18.2 Å². The molecule has 176 valence electrons. The van der Waals surface area contributed by atoms with Crippen molar-refractivity contribution in [1.82, 2.24) is 20.0 Å². The van der Waals surface area contributed by atoms with Crippen LogP contribution < -0.4 is 5.32 Å². The number of amides is 4. The molecule has 1 N–H and O–H groups in total. The number of nitrogens with one attached hydrogen (secondary N) is 1. The van der Waals surface area contributed by atoms with E-state index in [0.29, 0.717) is 42.9 Å². The minimum Gasteiger partial charge on any atom is -0.338 e. The zero-order valence-corrected chi connectivity index (χ0v) is 19.7.